The zero-order valence-corrected chi connectivity index (χ0v) is 12.5. The molecule has 5 nitrogen and oxygen atoms in total. The summed E-state index contributed by atoms with van der Waals surface area (Å²) in [6.07, 6.45) is 0. The van der Waals surface area contributed by atoms with Crippen molar-refractivity contribution < 1.29 is 17.7 Å². The van der Waals surface area contributed by atoms with Crippen molar-refractivity contribution in [2.24, 2.45) is 5.14 Å². The minimum Gasteiger partial charge on any atom is -0.399 e. The Balaban J connectivity index is 0.000000399. The molecule has 0 radical (unpaired) electrons. The van der Waals surface area contributed by atoms with Crippen molar-refractivity contribution in [3.8, 4) is 0 Å². The Morgan fingerprint density at radius 1 is 1.00 bits per heavy atom. The van der Waals surface area contributed by atoms with Crippen LogP contribution in [0.25, 0.3) is 0 Å². The van der Waals surface area contributed by atoms with Gasteiger partial charge < -0.3 is 9.31 Å². The number of nitrogens with two attached hydrogens (primary N) is 1. The third-order valence-corrected chi connectivity index (χ3v) is 3.32. The van der Waals surface area contributed by atoms with Crippen LogP contribution < -0.4 is 10.6 Å². The van der Waals surface area contributed by atoms with E-state index in [1.54, 1.807) is 0 Å². The highest BCUT2D eigenvalue weighted by atomic mass is 32.2. The average molecular weight is 285 g/mol. The smallest absolute Gasteiger partial charge is 0.399 e. The standard InChI is InChI=1S/C12H17BO2.H3NO2S/c1-11(2)12(3,4)15-13(14-11)10-8-6-5-7-9-10;1-4(2)3/h5-9H,1-4H3;4H,(H2,1,2,3). The van der Waals surface area contributed by atoms with Crippen LogP contribution in [0.15, 0.2) is 30.3 Å². The van der Waals surface area contributed by atoms with Crippen LogP contribution in [0.1, 0.15) is 27.7 Å². The molecule has 2 rings (SSSR count). The molecule has 1 heterocycles. The summed E-state index contributed by atoms with van der Waals surface area (Å²) >= 11 is 0. The fourth-order valence-corrected chi connectivity index (χ4v) is 1.59. The highest BCUT2D eigenvalue weighted by molar-refractivity contribution is 7.69. The minimum absolute atomic E-state index is 0.240. The third kappa shape index (κ3) is 4.31. The zero-order chi connectivity index (χ0) is 14.7. The number of hydrogen-bond donors (Lipinski definition) is 2. The van der Waals surface area contributed by atoms with Gasteiger partial charge in [0.2, 0.25) is 0 Å². The second-order valence-corrected chi connectivity index (χ2v) is 5.85. The summed E-state index contributed by atoms with van der Waals surface area (Å²) in [5, 5.41) is 4.06. The van der Waals surface area contributed by atoms with Crippen LogP contribution in [0.3, 0.4) is 0 Å². The van der Waals surface area contributed by atoms with Gasteiger partial charge in [0.1, 0.15) is 0 Å². The van der Waals surface area contributed by atoms with Gasteiger partial charge in [-0.05, 0) is 33.2 Å². The Morgan fingerprint density at radius 3 is 1.74 bits per heavy atom. The molecular formula is C12H20BNO4S. The molecule has 0 bridgehead atoms. The zero-order valence-electron chi connectivity index (χ0n) is 11.6. The maximum Gasteiger partial charge on any atom is 0.494 e. The number of rotatable bonds is 1. The molecule has 1 saturated heterocycles. The number of benzene rings is 1. The van der Waals surface area contributed by atoms with Gasteiger partial charge in [0, 0.05) is 0 Å². The van der Waals surface area contributed by atoms with Crippen LogP contribution in [0, 0.1) is 0 Å². The Kier molecular flexibility index (Phi) is 5.14. The Labute approximate surface area is 116 Å². The van der Waals surface area contributed by atoms with Crippen molar-refractivity contribution in [3.63, 3.8) is 0 Å². The molecule has 0 saturated carbocycles. The molecule has 7 heteroatoms. The van der Waals surface area contributed by atoms with Crippen LogP contribution in [-0.4, -0.2) is 26.7 Å². The maximum atomic E-state index is 8.81. The highest BCUT2D eigenvalue weighted by Gasteiger charge is 2.51. The van der Waals surface area contributed by atoms with Crippen molar-refractivity contribution >= 4 is 23.5 Å². The summed E-state index contributed by atoms with van der Waals surface area (Å²) in [5.74, 6) is 0. The van der Waals surface area contributed by atoms with E-state index in [0.29, 0.717) is 0 Å². The predicted octanol–water partition coefficient (Wildman–Crippen LogP) is 0.457. The largest absolute Gasteiger partial charge is 0.494 e. The molecule has 1 aromatic rings. The van der Waals surface area contributed by atoms with Crippen molar-refractivity contribution in [1.82, 2.24) is 0 Å². The van der Waals surface area contributed by atoms with E-state index in [1.165, 1.54) is 0 Å². The lowest BCUT2D eigenvalue weighted by atomic mass is 9.79. The van der Waals surface area contributed by atoms with E-state index < -0.39 is 10.9 Å². The summed E-state index contributed by atoms with van der Waals surface area (Å²) in [4.78, 5) is 0. The van der Waals surface area contributed by atoms with Crippen molar-refractivity contribution in [2.75, 3.05) is 0 Å². The Morgan fingerprint density at radius 2 is 1.37 bits per heavy atom. The van der Waals surface area contributed by atoms with Crippen LogP contribution in [0.5, 0.6) is 0 Å². The fraction of sp³-hybridized carbons (Fsp3) is 0.500. The summed E-state index contributed by atoms with van der Waals surface area (Å²) in [7, 11) is -2.86. The third-order valence-electron chi connectivity index (χ3n) is 3.32. The first-order valence-corrected chi connectivity index (χ1v) is 7.20. The molecule has 19 heavy (non-hydrogen) atoms. The molecule has 1 aliphatic rings. The number of thiol groups is 1. The molecule has 1 aromatic carbocycles. The van der Waals surface area contributed by atoms with Gasteiger partial charge >= 0.3 is 7.12 Å². The van der Waals surface area contributed by atoms with Crippen LogP contribution in [0.4, 0.5) is 0 Å². The summed E-state index contributed by atoms with van der Waals surface area (Å²) in [5.41, 5.74) is 0.567. The quantitative estimate of drug-likeness (QED) is 0.580. The molecule has 0 unspecified atom stereocenters. The first kappa shape index (κ1) is 16.2. The molecule has 2 N–H and O–H groups in total. The molecule has 0 atom stereocenters. The van der Waals surface area contributed by atoms with E-state index >= 15 is 0 Å². The van der Waals surface area contributed by atoms with Gasteiger partial charge in [0.25, 0.3) is 0 Å². The SMILES string of the molecule is CC1(C)OB(c2ccccc2)OC1(C)C.N[SH](=O)=O. The predicted molar refractivity (Wildman–Crippen MR) is 76.7 cm³/mol. The lowest BCUT2D eigenvalue weighted by Crippen LogP contribution is -2.41. The van der Waals surface area contributed by atoms with Crippen LogP contribution in [-0.2, 0) is 20.2 Å². The van der Waals surface area contributed by atoms with Crippen molar-refractivity contribution in [1.29, 1.82) is 0 Å². The maximum absolute atomic E-state index is 8.81. The normalized spacial score (nSPS) is 20.0. The molecule has 0 aliphatic carbocycles. The second-order valence-electron chi connectivity index (χ2n) is 5.28. The Bertz CT molecular complexity index is 464. The van der Waals surface area contributed by atoms with Gasteiger partial charge in [0.05, 0.1) is 11.2 Å². The molecule has 106 valence electrons. The number of hydrogen-bond acceptors (Lipinski definition) is 4. The van der Waals surface area contributed by atoms with E-state index in [0.717, 1.165) is 5.46 Å². The highest BCUT2D eigenvalue weighted by Crippen LogP contribution is 2.36. The first-order valence-electron chi connectivity index (χ1n) is 5.95. The van der Waals surface area contributed by atoms with E-state index in [4.69, 9.17) is 17.7 Å². The van der Waals surface area contributed by atoms with E-state index in [9.17, 15) is 0 Å². The summed E-state index contributed by atoms with van der Waals surface area (Å²) in [6, 6.07) is 10.1. The fourth-order valence-electron chi connectivity index (χ4n) is 1.59. The van der Waals surface area contributed by atoms with Gasteiger partial charge in [0.15, 0.2) is 10.9 Å². The average Bonchev–Trinajstić information content (AvgIpc) is 2.49. The molecule has 1 fully saturated rings. The van der Waals surface area contributed by atoms with Crippen LogP contribution in [0.2, 0.25) is 0 Å². The van der Waals surface area contributed by atoms with Gasteiger partial charge in [-0.15, -0.1) is 0 Å². The molecule has 1 aliphatic heterocycles. The summed E-state index contributed by atoms with van der Waals surface area (Å²) < 4.78 is 29.5. The first-order chi connectivity index (χ1) is 8.66. The minimum atomic E-state index is -2.62. The van der Waals surface area contributed by atoms with Crippen molar-refractivity contribution in [2.45, 2.75) is 38.9 Å². The van der Waals surface area contributed by atoms with Gasteiger partial charge in [-0.1, -0.05) is 30.3 Å². The molecule has 0 aromatic heterocycles. The second kappa shape index (κ2) is 6.05. The van der Waals surface area contributed by atoms with Gasteiger partial charge in [-0.25, -0.2) is 13.6 Å². The summed E-state index contributed by atoms with van der Waals surface area (Å²) in [6.45, 7) is 8.26. The van der Waals surface area contributed by atoms with Gasteiger partial charge in [-0.2, -0.15) is 0 Å². The van der Waals surface area contributed by atoms with E-state index in [1.807, 2.05) is 30.3 Å². The molecule has 0 amide bonds. The lowest BCUT2D eigenvalue weighted by molar-refractivity contribution is 0.00578. The van der Waals surface area contributed by atoms with E-state index in [2.05, 4.69) is 32.8 Å². The molecule has 0 spiro atoms. The van der Waals surface area contributed by atoms with Crippen LogP contribution >= 0.6 is 0 Å². The van der Waals surface area contributed by atoms with Crippen molar-refractivity contribution in [3.05, 3.63) is 30.3 Å². The van der Waals surface area contributed by atoms with E-state index in [-0.39, 0.29) is 18.3 Å². The topological polar surface area (TPSA) is 78.6 Å². The van der Waals surface area contributed by atoms with Gasteiger partial charge in [-0.3, -0.25) is 0 Å². The molecular weight excluding hydrogens is 265 g/mol. The lowest BCUT2D eigenvalue weighted by Gasteiger charge is -2.32. The monoisotopic (exact) mass is 285 g/mol. The Hall–Kier alpha value is -0.885.